The molecule has 22 heavy (non-hydrogen) atoms. The molecule has 1 amide bonds. The zero-order chi connectivity index (χ0) is 15.5. The Morgan fingerprint density at radius 2 is 1.91 bits per heavy atom. The van der Waals surface area contributed by atoms with Crippen molar-refractivity contribution in [2.24, 2.45) is 11.8 Å². The summed E-state index contributed by atoms with van der Waals surface area (Å²) in [5.74, 6) is 0.779. The number of carbonyl (C=O) groups is 1. The largest absolute Gasteiger partial charge is 0.355 e. The minimum atomic E-state index is -0.0421. The highest BCUT2D eigenvalue weighted by atomic mass is 35.5. The first-order valence-corrected chi connectivity index (χ1v) is 8.02. The van der Waals surface area contributed by atoms with E-state index in [0.717, 1.165) is 19.5 Å². The van der Waals surface area contributed by atoms with Crippen LogP contribution < -0.4 is 10.6 Å². The number of nitrogens with one attached hydrogen (secondary N) is 2. The lowest BCUT2D eigenvalue weighted by Gasteiger charge is -2.33. The van der Waals surface area contributed by atoms with Gasteiger partial charge in [-0.15, -0.1) is 12.4 Å². The number of hydrogen-bond acceptors (Lipinski definition) is 2. The van der Waals surface area contributed by atoms with Crippen molar-refractivity contribution in [3.05, 3.63) is 35.4 Å². The highest BCUT2D eigenvalue weighted by Gasteiger charge is 2.30. The van der Waals surface area contributed by atoms with Crippen LogP contribution in [-0.2, 0) is 16.6 Å². The molecule has 124 valence electrons. The van der Waals surface area contributed by atoms with E-state index in [1.165, 1.54) is 11.1 Å². The van der Waals surface area contributed by atoms with Gasteiger partial charge in [-0.2, -0.15) is 0 Å². The zero-order valence-corrected chi connectivity index (χ0v) is 14.9. The normalized spacial score (nSPS) is 16.4. The van der Waals surface area contributed by atoms with Crippen molar-refractivity contribution in [2.75, 3.05) is 19.6 Å². The van der Waals surface area contributed by atoms with E-state index >= 15 is 0 Å². The van der Waals surface area contributed by atoms with E-state index in [1.807, 2.05) is 6.92 Å². The summed E-state index contributed by atoms with van der Waals surface area (Å²) in [6.07, 6.45) is 1.06. The first kappa shape index (κ1) is 19.0. The van der Waals surface area contributed by atoms with Crippen LogP contribution in [0.5, 0.6) is 0 Å². The molecular formula is C18H29ClN2O. The van der Waals surface area contributed by atoms with Crippen LogP contribution in [0.25, 0.3) is 0 Å². The Morgan fingerprint density at radius 1 is 1.32 bits per heavy atom. The summed E-state index contributed by atoms with van der Waals surface area (Å²) in [5.41, 5.74) is 2.59. The monoisotopic (exact) mass is 324 g/mol. The van der Waals surface area contributed by atoms with Gasteiger partial charge in [-0.05, 0) is 36.6 Å². The Morgan fingerprint density at radius 3 is 2.36 bits per heavy atom. The van der Waals surface area contributed by atoms with Crippen LogP contribution in [0.4, 0.5) is 0 Å². The van der Waals surface area contributed by atoms with Gasteiger partial charge in [0.1, 0.15) is 0 Å². The smallest absolute Gasteiger partial charge is 0.223 e. The molecule has 1 saturated heterocycles. The quantitative estimate of drug-likeness (QED) is 0.844. The fraction of sp³-hybridized carbons (Fsp3) is 0.611. The first-order chi connectivity index (χ1) is 9.94. The molecule has 1 aromatic rings. The van der Waals surface area contributed by atoms with Crippen LogP contribution in [-0.4, -0.2) is 25.5 Å². The van der Waals surface area contributed by atoms with Gasteiger partial charge < -0.3 is 10.6 Å². The maximum Gasteiger partial charge on any atom is 0.223 e. The molecule has 0 spiro atoms. The Balaban J connectivity index is 0.00000242. The SMILES string of the molecule is CCc1ccc(C(C)(C)CNC(=O)C(C)C2CNC2)cc1.Cl. The second-order valence-electron chi connectivity index (χ2n) is 6.86. The van der Waals surface area contributed by atoms with Gasteiger partial charge in [-0.3, -0.25) is 4.79 Å². The molecule has 0 radical (unpaired) electrons. The van der Waals surface area contributed by atoms with Gasteiger partial charge in [-0.1, -0.05) is 52.0 Å². The lowest BCUT2D eigenvalue weighted by molar-refractivity contribution is -0.126. The first-order valence-electron chi connectivity index (χ1n) is 8.02. The standard InChI is InChI=1S/C18H28N2O.ClH/c1-5-14-6-8-16(9-7-14)18(3,4)12-20-17(21)13(2)15-10-19-11-15;/h6-9,13,15,19H,5,10-12H2,1-4H3,(H,20,21);1H. The molecule has 0 bridgehead atoms. The zero-order valence-electron chi connectivity index (χ0n) is 14.1. The van der Waals surface area contributed by atoms with Crippen molar-refractivity contribution in [1.82, 2.24) is 10.6 Å². The summed E-state index contributed by atoms with van der Waals surface area (Å²) in [7, 11) is 0. The summed E-state index contributed by atoms with van der Waals surface area (Å²) in [6, 6.07) is 8.73. The average molecular weight is 325 g/mol. The minimum Gasteiger partial charge on any atom is -0.355 e. The number of benzene rings is 1. The van der Waals surface area contributed by atoms with Gasteiger partial charge in [0.05, 0.1) is 0 Å². The molecule has 1 aliphatic heterocycles. The van der Waals surface area contributed by atoms with E-state index in [1.54, 1.807) is 0 Å². The molecule has 1 fully saturated rings. The second-order valence-corrected chi connectivity index (χ2v) is 6.86. The summed E-state index contributed by atoms with van der Waals surface area (Å²) in [4.78, 5) is 12.2. The van der Waals surface area contributed by atoms with Crippen molar-refractivity contribution in [3.63, 3.8) is 0 Å². The third-order valence-electron chi connectivity index (χ3n) is 4.78. The fourth-order valence-electron chi connectivity index (χ4n) is 2.64. The van der Waals surface area contributed by atoms with Crippen LogP contribution in [0.2, 0.25) is 0 Å². The van der Waals surface area contributed by atoms with Gasteiger partial charge in [0.25, 0.3) is 0 Å². The van der Waals surface area contributed by atoms with Crippen LogP contribution in [0.1, 0.15) is 38.8 Å². The molecule has 1 unspecified atom stereocenters. The van der Waals surface area contributed by atoms with Gasteiger partial charge in [0, 0.05) is 17.9 Å². The third-order valence-corrected chi connectivity index (χ3v) is 4.78. The molecular weight excluding hydrogens is 296 g/mol. The van der Waals surface area contributed by atoms with E-state index < -0.39 is 0 Å². The molecule has 1 atom stereocenters. The van der Waals surface area contributed by atoms with E-state index in [-0.39, 0.29) is 29.6 Å². The van der Waals surface area contributed by atoms with Crippen LogP contribution in [0.15, 0.2) is 24.3 Å². The molecule has 0 aromatic heterocycles. The maximum absolute atomic E-state index is 12.2. The van der Waals surface area contributed by atoms with Gasteiger partial charge in [-0.25, -0.2) is 0 Å². The summed E-state index contributed by atoms with van der Waals surface area (Å²) in [6.45, 7) is 11.2. The third kappa shape index (κ3) is 4.47. The van der Waals surface area contributed by atoms with Crippen LogP contribution in [0.3, 0.4) is 0 Å². The predicted octanol–water partition coefficient (Wildman–Crippen LogP) is 2.92. The van der Waals surface area contributed by atoms with Gasteiger partial charge in [0.15, 0.2) is 0 Å². The molecule has 2 rings (SSSR count). The summed E-state index contributed by atoms with van der Waals surface area (Å²) < 4.78 is 0. The van der Waals surface area contributed by atoms with Crippen molar-refractivity contribution < 1.29 is 4.79 Å². The summed E-state index contributed by atoms with van der Waals surface area (Å²) in [5, 5.41) is 6.36. The van der Waals surface area contributed by atoms with Crippen molar-refractivity contribution >= 4 is 18.3 Å². The van der Waals surface area contributed by atoms with E-state index in [9.17, 15) is 4.79 Å². The van der Waals surface area contributed by atoms with Crippen molar-refractivity contribution in [3.8, 4) is 0 Å². The molecule has 0 aliphatic carbocycles. The lowest BCUT2D eigenvalue weighted by Crippen LogP contribution is -2.50. The van der Waals surface area contributed by atoms with Gasteiger partial charge in [0.2, 0.25) is 5.91 Å². The lowest BCUT2D eigenvalue weighted by atomic mass is 9.83. The molecule has 3 nitrogen and oxygen atoms in total. The van der Waals surface area contributed by atoms with Crippen LogP contribution in [0, 0.1) is 11.8 Å². The topological polar surface area (TPSA) is 41.1 Å². The second kappa shape index (κ2) is 7.98. The molecule has 1 aromatic carbocycles. The minimum absolute atomic E-state index is 0. The number of halogens is 1. The number of carbonyl (C=O) groups excluding carboxylic acids is 1. The molecule has 4 heteroatoms. The maximum atomic E-state index is 12.2. The predicted molar refractivity (Wildman–Crippen MR) is 94.6 cm³/mol. The highest BCUT2D eigenvalue weighted by molar-refractivity contribution is 5.85. The van der Waals surface area contributed by atoms with Crippen molar-refractivity contribution in [2.45, 2.75) is 39.5 Å². The van der Waals surface area contributed by atoms with E-state index in [4.69, 9.17) is 0 Å². The molecule has 0 saturated carbocycles. The fourth-order valence-corrected chi connectivity index (χ4v) is 2.64. The van der Waals surface area contributed by atoms with E-state index in [0.29, 0.717) is 12.5 Å². The molecule has 1 heterocycles. The number of aryl methyl sites for hydroxylation is 1. The van der Waals surface area contributed by atoms with Gasteiger partial charge >= 0.3 is 0 Å². The summed E-state index contributed by atoms with van der Waals surface area (Å²) >= 11 is 0. The highest BCUT2D eigenvalue weighted by Crippen LogP contribution is 2.23. The Bertz CT molecular complexity index is 480. The number of hydrogen-bond donors (Lipinski definition) is 2. The Hall–Kier alpha value is -1.06. The molecule has 2 N–H and O–H groups in total. The van der Waals surface area contributed by atoms with Crippen LogP contribution >= 0.6 is 12.4 Å². The number of amides is 1. The Kier molecular flexibility index (Phi) is 6.89. The molecule has 1 aliphatic rings. The van der Waals surface area contributed by atoms with Crippen molar-refractivity contribution in [1.29, 1.82) is 0 Å². The average Bonchev–Trinajstić information content (AvgIpc) is 2.43. The van der Waals surface area contributed by atoms with E-state index in [2.05, 4.69) is 55.7 Å². The Labute approximate surface area is 140 Å². The number of rotatable bonds is 6.